The van der Waals surface area contributed by atoms with Gasteiger partial charge in [-0.25, -0.2) is 0 Å². The van der Waals surface area contributed by atoms with Crippen molar-refractivity contribution in [3.8, 4) is 0 Å². The van der Waals surface area contributed by atoms with Gasteiger partial charge in [-0.15, -0.1) is 0 Å². The molecule has 0 radical (unpaired) electrons. The number of hydrogen-bond donors (Lipinski definition) is 1. The number of pyridine rings is 1. The fourth-order valence-corrected chi connectivity index (χ4v) is 3.17. The second kappa shape index (κ2) is 3.30. The zero-order chi connectivity index (χ0) is 12.1. The maximum Gasteiger partial charge on any atom is 0.0346 e. The molecular weight excluding hydrogens is 208 g/mol. The smallest absolute Gasteiger partial charge is 0.0346 e. The van der Waals surface area contributed by atoms with E-state index in [4.69, 9.17) is 5.73 Å². The summed E-state index contributed by atoms with van der Waals surface area (Å²) in [5, 5.41) is 2.51. The Morgan fingerprint density at radius 1 is 1.29 bits per heavy atom. The van der Waals surface area contributed by atoms with Gasteiger partial charge in [0.2, 0.25) is 0 Å². The van der Waals surface area contributed by atoms with E-state index < -0.39 is 0 Å². The van der Waals surface area contributed by atoms with E-state index in [2.05, 4.69) is 43.1 Å². The van der Waals surface area contributed by atoms with Crippen LogP contribution >= 0.6 is 0 Å². The first-order valence-corrected chi connectivity index (χ1v) is 6.14. The number of hydrogen-bond acceptors (Lipinski definition) is 2. The third-order valence-electron chi connectivity index (χ3n) is 4.46. The Bertz CT molecular complexity index is 569. The van der Waals surface area contributed by atoms with Gasteiger partial charge in [-0.05, 0) is 28.9 Å². The van der Waals surface area contributed by atoms with E-state index >= 15 is 0 Å². The summed E-state index contributed by atoms with van der Waals surface area (Å²) in [5.74, 6) is 0. The van der Waals surface area contributed by atoms with Crippen LogP contribution in [0.25, 0.3) is 10.8 Å². The van der Waals surface area contributed by atoms with Gasteiger partial charge in [-0.3, -0.25) is 4.98 Å². The van der Waals surface area contributed by atoms with Crippen LogP contribution < -0.4 is 5.73 Å². The van der Waals surface area contributed by atoms with E-state index in [1.54, 1.807) is 0 Å². The molecule has 1 heterocycles. The summed E-state index contributed by atoms with van der Waals surface area (Å²) in [6.45, 7) is 5.33. The molecule has 2 aromatic rings. The fraction of sp³-hybridized carbons (Fsp3) is 0.400. The van der Waals surface area contributed by atoms with E-state index in [1.807, 2.05) is 12.4 Å². The fourth-order valence-electron chi connectivity index (χ4n) is 3.17. The lowest BCUT2D eigenvalue weighted by Gasteiger charge is -2.21. The van der Waals surface area contributed by atoms with E-state index in [9.17, 15) is 0 Å². The number of nitrogens with zero attached hydrogens (tertiary/aromatic N) is 1. The average molecular weight is 226 g/mol. The number of fused-ring (bicyclic) bond motifs is 1. The Balaban J connectivity index is 2.25. The normalized spacial score (nSPS) is 26.1. The molecule has 88 valence electrons. The van der Waals surface area contributed by atoms with Crippen molar-refractivity contribution in [3.05, 3.63) is 42.2 Å². The molecule has 17 heavy (non-hydrogen) atoms. The molecule has 1 aliphatic rings. The molecule has 1 unspecified atom stereocenters. The summed E-state index contributed by atoms with van der Waals surface area (Å²) >= 11 is 0. The molecule has 1 atom stereocenters. The van der Waals surface area contributed by atoms with Crippen LogP contribution in [-0.2, 0) is 5.41 Å². The summed E-state index contributed by atoms with van der Waals surface area (Å²) in [7, 11) is 0. The summed E-state index contributed by atoms with van der Waals surface area (Å²) in [4.78, 5) is 4.19. The SMILES string of the molecule is CC1(C)CC1(CN)c1cccc2cnccc12. The zero-order valence-corrected chi connectivity index (χ0v) is 10.4. The molecule has 2 N–H and O–H groups in total. The summed E-state index contributed by atoms with van der Waals surface area (Å²) in [6, 6.07) is 8.57. The minimum atomic E-state index is 0.161. The molecule has 0 saturated heterocycles. The van der Waals surface area contributed by atoms with Crippen LogP contribution in [0.15, 0.2) is 36.7 Å². The minimum absolute atomic E-state index is 0.161. The Labute approximate surface area is 102 Å². The molecule has 1 aromatic heterocycles. The summed E-state index contributed by atoms with van der Waals surface area (Å²) in [5.41, 5.74) is 7.92. The summed E-state index contributed by atoms with van der Waals surface area (Å²) < 4.78 is 0. The second-order valence-corrected chi connectivity index (χ2v) is 5.75. The number of aromatic nitrogens is 1. The predicted octanol–water partition coefficient (Wildman–Crippen LogP) is 2.86. The molecule has 2 heteroatoms. The number of nitrogens with two attached hydrogens (primary N) is 1. The van der Waals surface area contributed by atoms with Crippen LogP contribution in [0, 0.1) is 5.41 Å². The van der Waals surface area contributed by atoms with Crippen molar-refractivity contribution < 1.29 is 0 Å². The number of rotatable bonds is 2. The molecule has 1 aromatic carbocycles. The highest BCUT2D eigenvalue weighted by Crippen LogP contribution is 2.64. The highest BCUT2D eigenvalue weighted by atomic mass is 14.7. The van der Waals surface area contributed by atoms with Crippen molar-refractivity contribution in [3.63, 3.8) is 0 Å². The third kappa shape index (κ3) is 1.34. The molecular formula is C15H18N2. The van der Waals surface area contributed by atoms with E-state index in [0.717, 1.165) is 6.54 Å². The highest BCUT2D eigenvalue weighted by molar-refractivity contribution is 5.86. The monoisotopic (exact) mass is 226 g/mol. The third-order valence-corrected chi connectivity index (χ3v) is 4.46. The van der Waals surface area contributed by atoms with Crippen molar-refractivity contribution in [1.82, 2.24) is 4.98 Å². The molecule has 0 spiro atoms. The van der Waals surface area contributed by atoms with E-state index in [-0.39, 0.29) is 5.41 Å². The predicted molar refractivity (Wildman–Crippen MR) is 70.9 cm³/mol. The molecule has 0 bridgehead atoms. The Morgan fingerprint density at radius 3 is 2.71 bits per heavy atom. The van der Waals surface area contributed by atoms with Crippen LogP contribution in [0.2, 0.25) is 0 Å². The standard InChI is InChI=1S/C15H18N2/c1-14(2)9-15(14,10-16)13-5-3-4-11-8-17-7-6-12(11)13/h3-8H,9-10,16H2,1-2H3. The van der Waals surface area contributed by atoms with Crippen LogP contribution in [0.3, 0.4) is 0 Å². The molecule has 1 aliphatic carbocycles. The van der Waals surface area contributed by atoms with Gasteiger partial charge < -0.3 is 5.73 Å². The van der Waals surface area contributed by atoms with Crippen molar-refractivity contribution in [2.45, 2.75) is 25.7 Å². The number of benzene rings is 1. The van der Waals surface area contributed by atoms with Crippen molar-refractivity contribution in [2.75, 3.05) is 6.54 Å². The Kier molecular flexibility index (Phi) is 2.08. The molecule has 2 nitrogen and oxygen atoms in total. The maximum atomic E-state index is 6.05. The van der Waals surface area contributed by atoms with Crippen molar-refractivity contribution in [1.29, 1.82) is 0 Å². The lowest BCUT2D eigenvalue weighted by molar-refractivity contribution is 0.505. The summed E-state index contributed by atoms with van der Waals surface area (Å²) in [6.07, 6.45) is 4.97. The zero-order valence-electron chi connectivity index (χ0n) is 10.4. The average Bonchev–Trinajstić information content (AvgIpc) is 2.92. The minimum Gasteiger partial charge on any atom is -0.330 e. The quantitative estimate of drug-likeness (QED) is 0.855. The van der Waals surface area contributed by atoms with Gasteiger partial charge in [0.15, 0.2) is 0 Å². The van der Waals surface area contributed by atoms with Crippen LogP contribution in [-0.4, -0.2) is 11.5 Å². The first-order valence-electron chi connectivity index (χ1n) is 6.14. The van der Waals surface area contributed by atoms with Gasteiger partial charge in [0.1, 0.15) is 0 Å². The molecule has 0 amide bonds. The maximum absolute atomic E-state index is 6.05. The Hall–Kier alpha value is -1.41. The van der Waals surface area contributed by atoms with Gasteiger partial charge in [0, 0.05) is 29.7 Å². The topological polar surface area (TPSA) is 38.9 Å². The Morgan fingerprint density at radius 2 is 2.06 bits per heavy atom. The second-order valence-electron chi connectivity index (χ2n) is 5.75. The molecule has 1 saturated carbocycles. The van der Waals surface area contributed by atoms with Gasteiger partial charge in [0.25, 0.3) is 0 Å². The lowest BCUT2D eigenvalue weighted by Crippen LogP contribution is -2.25. The van der Waals surface area contributed by atoms with Gasteiger partial charge in [-0.1, -0.05) is 32.0 Å². The largest absolute Gasteiger partial charge is 0.330 e. The molecule has 1 fully saturated rings. The van der Waals surface area contributed by atoms with Crippen LogP contribution in [0.1, 0.15) is 25.8 Å². The molecule has 0 aliphatic heterocycles. The first-order chi connectivity index (χ1) is 8.11. The highest BCUT2D eigenvalue weighted by Gasteiger charge is 2.61. The van der Waals surface area contributed by atoms with Gasteiger partial charge in [0.05, 0.1) is 0 Å². The van der Waals surface area contributed by atoms with Crippen molar-refractivity contribution in [2.24, 2.45) is 11.1 Å². The first kappa shape index (κ1) is 10.7. The van der Waals surface area contributed by atoms with Gasteiger partial charge in [-0.2, -0.15) is 0 Å². The van der Waals surface area contributed by atoms with Gasteiger partial charge >= 0.3 is 0 Å². The molecule has 3 rings (SSSR count). The van der Waals surface area contributed by atoms with Crippen LogP contribution in [0.5, 0.6) is 0 Å². The van der Waals surface area contributed by atoms with E-state index in [0.29, 0.717) is 5.41 Å². The van der Waals surface area contributed by atoms with Crippen LogP contribution in [0.4, 0.5) is 0 Å². The lowest BCUT2D eigenvalue weighted by atomic mass is 9.85. The van der Waals surface area contributed by atoms with Crippen molar-refractivity contribution >= 4 is 10.8 Å². The van der Waals surface area contributed by atoms with E-state index in [1.165, 1.54) is 22.8 Å².